The number of carboxylic acid groups (broad SMARTS) is 1. The molecule has 0 spiro atoms. The molecule has 1 heterocycles. The van der Waals surface area contributed by atoms with Crippen LogP contribution in [-0.4, -0.2) is 21.0 Å². The van der Waals surface area contributed by atoms with E-state index in [0.717, 1.165) is 24.2 Å². The molecule has 0 aliphatic rings. The van der Waals surface area contributed by atoms with E-state index in [4.69, 9.17) is 5.11 Å². The van der Waals surface area contributed by atoms with Crippen LogP contribution in [-0.2, 0) is 12.8 Å². The summed E-state index contributed by atoms with van der Waals surface area (Å²) in [5.74, 6) is -0.130. The summed E-state index contributed by atoms with van der Waals surface area (Å²) in [6.45, 7) is 0. The van der Waals surface area contributed by atoms with Gasteiger partial charge in [0.25, 0.3) is 0 Å². The van der Waals surface area contributed by atoms with Crippen molar-refractivity contribution >= 4 is 17.0 Å². The van der Waals surface area contributed by atoms with E-state index in [0.29, 0.717) is 5.52 Å². The molecule has 4 heteroatoms. The van der Waals surface area contributed by atoms with Gasteiger partial charge in [-0.2, -0.15) is 0 Å². The zero-order chi connectivity index (χ0) is 13.9. The number of nitrogens with one attached hydrogen (secondary N) is 1. The van der Waals surface area contributed by atoms with Crippen molar-refractivity contribution in [2.45, 2.75) is 12.8 Å². The summed E-state index contributed by atoms with van der Waals surface area (Å²) in [6.07, 6.45) is 1.64. The van der Waals surface area contributed by atoms with Gasteiger partial charge >= 0.3 is 5.97 Å². The first-order valence-electron chi connectivity index (χ1n) is 6.49. The summed E-state index contributed by atoms with van der Waals surface area (Å²) in [7, 11) is 0. The summed E-state index contributed by atoms with van der Waals surface area (Å²) in [5, 5.41) is 9.15. The van der Waals surface area contributed by atoms with Gasteiger partial charge in [-0.15, -0.1) is 0 Å². The number of nitrogens with zero attached hydrogens (tertiary/aromatic N) is 1. The molecule has 0 unspecified atom stereocenters. The summed E-state index contributed by atoms with van der Waals surface area (Å²) in [6, 6.07) is 15.3. The minimum absolute atomic E-state index is 0.240. The molecule has 0 atom stereocenters. The molecule has 2 aromatic carbocycles. The number of hydrogen-bond acceptors (Lipinski definition) is 2. The van der Waals surface area contributed by atoms with Crippen LogP contribution in [0.5, 0.6) is 0 Å². The fourth-order valence-electron chi connectivity index (χ4n) is 2.28. The van der Waals surface area contributed by atoms with E-state index in [2.05, 4.69) is 22.1 Å². The third-order valence-electron chi connectivity index (χ3n) is 3.29. The van der Waals surface area contributed by atoms with Gasteiger partial charge in [0.2, 0.25) is 0 Å². The molecule has 100 valence electrons. The first-order chi connectivity index (χ1) is 9.74. The summed E-state index contributed by atoms with van der Waals surface area (Å²) < 4.78 is 0. The standard InChI is InChI=1S/C16H14N2O2/c19-16(20)12-7-4-8-13-15(12)18-14(17-13)10-9-11-5-2-1-3-6-11/h1-8H,9-10H2,(H,17,18)(H,19,20). The fraction of sp³-hybridized carbons (Fsp3) is 0.125. The molecule has 0 bridgehead atoms. The van der Waals surface area contributed by atoms with Crippen molar-refractivity contribution < 1.29 is 9.90 Å². The highest BCUT2D eigenvalue weighted by Crippen LogP contribution is 2.17. The minimum atomic E-state index is -0.947. The maximum Gasteiger partial charge on any atom is 0.337 e. The Labute approximate surface area is 116 Å². The Balaban J connectivity index is 1.86. The zero-order valence-corrected chi connectivity index (χ0v) is 10.8. The number of imidazole rings is 1. The highest BCUT2D eigenvalue weighted by Gasteiger charge is 2.12. The molecule has 0 fully saturated rings. The molecule has 1 aromatic heterocycles. The van der Waals surface area contributed by atoms with E-state index in [1.165, 1.54) is 5.56 Å². The molecule has 0 amide bonds. The van der Waals surface area contributed by atoms with E-state index in [9.17, 15) is 4.79 Å². The number of benzene rings is 2. The first kappa shape index (κ1) is 12.4. The van der Waals surface area contributed by atoms with Crippen LogP contribution in [0.15, 0.2) is 48.5 Å². The Kier molecular flexibility index (Phi) is 3.21. The van der Waals surface area contributed by atoms with E-state index < -0.39 is 5.97 Å². The van der Waals surface area contributed by atoms with Crippen molar-refractivity contribution in [1.82, 2.24) is 9.97 Å². The molecule has 0 aliphatic heterocycles. The van der Waals surface area contributed by atoms with E-state index >= 15 is 0 Å². The summed E-state index contributed by atoms with van der Waals surface area (Å²) in [5.41, 5.74) is 2.78. The largest absolute Gasteiger partial charge is 0.478 e. The molecule has 0 radical (unpaired) electrons. The number of fused-ring (bicyclic) bond motifs is 1. The van der Waals surface area contributed by atoms with E-state index in [1.54, 1.807) is 12.1 Å². The van der Waals surface area contributed by atoms with Gasteiger partial charge in [0.1, 0.15) is 11.3 Å². The average Bonchev–Trinajstić information content (AvgIpc) is 2.88. The third kappa shape index (κ3) is 2.40. The van der Waals surface area contributed by atoms with Crippen molar-refractivity contribution in [1.29, 1.82) is 0 Å². The Bertz CT molecular complexity index is 748. The summed E-state index contributed by atoms with van der Waals surface area (Å²) >= 11 is 0. The number of carbonyl (C=O) groups is 1. The number of aromatic amines is 1. The van der Waals surface area contributed by atoms with E-state index in [-0.39, 0.29) is 5.56 Å². The quantitative estimate of drug-likeness (QED) is 0.762. The molecule has 0 saturated carbocycles. The molecular formula is C16H14N2O2. The molecule has 3 rings (SSSR count). The number of H-pyrrole nitrogens is 1. The van der Waals surface area contributed by atoms with Gasteiger partial charge < -0.3 is 10.1 Å². The number of aromatic carboxylic acids is 1. The lowest BCUT2D eigenvalue weighted by Gasteiger charge is -1.97. The molecule has 3 aromatic rings. The SMILES string of the molecule is O=C(O)c1cccc2[nH]c(CCc3ccccc3)nc12. The second-order valence-electron chi connectivity index (χ2n) is 4.68. The number of rotatable bonds is 4. The molecule has 0 aliphatic carbocycles. The lowest BCUT2D eigenvalue weighted by Crippen LogP contribution is -1.97. The first-order valence-corrected chi connectivity index (χ1v) is 6.49. The summed E-state index contributed by atoms with van der Waals surface area (Å²) in [4.78, 5) is 18.7. The highest BCUT2D eigenvalue weighted by molar-refractivity contribution is 6.00. The maximum atomic E-state index is 11.1. The number of hydrogen-bond donors (Lipinski definition) is 2. The van der Waals surface area contributed by atoms with Gasteiger partial charge in [0.05, 0.1) is 11.1 Å². The third-order valence-corrected chi connectivity index (χ3v) is 3.29. The van der Waals surface area contributed by atoms with Crippen LogP contribution < -0.4 is 0 Å². The predicted molar refractivity (Wildman–Crippen MR) is 76.9 cm³/mol. The van der Waals surface area contributed by atoms with Gasteiger partial charge in [-0.1, -0.05) is 36.4 Å². The average molecular weight is 266 g/mol. The predicted octanol–water partition coefficient (Wildman–Crippen LogP) is 3.05. The molecular weight excluding hydrogens is 252 g/mol. The van der Waals surface area contributed by atoms with Crippen LogP contribution in [0.3, 0.4) is 0 Å². The monoisotopic (exact) mass is 266 g/mol. The maximum absolute atomic E-state index is 11.1. The van der Waals surface area contributed by atoms with Gasteiger partial charge in [-0.25, -0.2) is 9.78 Å². The van der Waals surface area contributed by atoms with Crippen LogP contribution in [0, 0.1) is 0 Å². The van der Waals surface area contributed by atoms with Gasteiger partial charge in [-0.05, 0) is 24.1 Å². The fourth-order valence-corrected chi connectivity index (χ4v) is 2.28. The number of para-hydroxylation sites is 1. The van der Waals surface area contributed by atoms with Crippen LogP contribution in [0.4, 0.5) is 0 Å². The van der Waals surface area contributed by atoms with Crippen LogP contribution in [0.25, 0.3) is 11.0 Å². The van der Waals surface area contributed by atoms with Crippen LogP contribution in [0.2, 0.25) is 0 Å². The van der Waals surface area contributed by atoms with Crippen molar-refractivity contribution in [3.05, 3.63) is 65.5 Å². The lowest BCUT2D eigenvalue weighted by molar-refractivity contribution is 0.0699. The Morgan fingerprint density at radius 3 is 2.60 bits per heavy atom. The van der Waals surface area contributed by atoms with E-state index in [1.807, 2.05) is 24.3 Å². The minimum Gasteiger partial charge on any atom is -0.478 e. The Morgan fingerprint density at radius 2 is 1.85 bits per heavy atom. The second-order valence-corrected chi connectivity index (χ2v) is 4.68. The Morgan fingerprint density at radius 1 is 1.05 bits per heavy atom. The number of carboxylic acids is 1. The number of aromatic nitrogens is 2. The normalized spacial score (nSPS) is 10.8. The smallest absolute Gasteiger partial charge is 0.337 e. The second kappa shape index (κ2) is 5.17. The van der Waals surface area contributed by atoms with Gasteiger partial charge in [0.15, 0.2) is 0 Å². The van der Waals surface area contributed by atoms with Crippen molar-refractivity contribution in [3.63, 3.8) is 0 Å². The zero-order valence-electron chi connectivity index (χ0n) is 10.8. The Hall–Kier alpha value is -2.62. The lowest BCUT2D eigenvalue weighted by atomic mass is 10.1. The number of aryl methyl sites for hydroxylation is 2. The van der Waals surface area contributed by atoms with Crippen molar-refractivity contribution in [2.75, 3.05) is 0 Å². The van der Waals surface area contributed by atoms with Gasteiger partial charge in [-0.3, -0.25) is 0 Å². The molecule has 0 saturated heterocycles. The molecule has 20 heavy (non-hydrogen) atoms. The van der Waals surface area contributed by atoms with Crippen molar-refractivity contribution in [2.24, 2.45) is 0 Å². The van der Waals surface area contributed by atoms with Crippen LogP contribution >= 0.6 is 0 Å². The van der Waals surface area contributed by atoms with Crippen LogP contribution in [0.1, 0.15) is 21.7 Å². The topological polar surface area (TPSA) is 66.0 Å². The van der Waals surface area contributed by atoms with Gasteiger partial charge in [0, 0.05) is 6.42 Å². The molecule has 2 N–H and O–H groups in total. The molecule has 4 nitrogen and oxygen atoms in total. The highest BCUT2D eigenvalue weighted by atomic mass is 16.4. The van der Waals surface area contributed by atoms with Crippen molar-refractivity contribution in [3.8, 4) is 0 Å².